The Balaban J connectivity index is 3.00. The highest BCUT2D eigenvalue weighted by molar-refractivity contribution is 6.30. The molecule has 0 aliphatic rings. The minimum absolute atomic E-state index is 0.615. The number of hydrogen-bond acceptors (Lipinski definition) is 2. The zero-order valence-electron chi connectivity index (χ0n) is 9.14. The molecule has 3 heteroatoms. The molecule has 0 fully saturated rings. The van der Waals surface area contributed by atoms with Gasteiger partial charge in [0, 0.05) is 17.1 Å². The first kappa shape index (κ1) is 12.1. The SMILES string of the molecule is C=C(OCC)c1cc(Cl)ccc1CNC. The highest BCUT2D eigenvalue weighted by Gasteiger charge is 2.07. The van der Waals surface area contributed by atoms with Gasteiger partial charge in [0.2, 0.25) is 0 Å². The van der Waals surface area contributed by atoms with E-state index in [0.717, 1.165) is 17.7 Å². The van der Waals surface area contributed by atoms with E-state index in [1.165, 1.54) is 0 Å². The second-order valence-corrected chi connectivity index (χ2v) is 3.62. The molecule has 1 aromatic rings. The number of halogens is 1. The molecule has 0 saturated carbocycles. The lowest BCUT2D eigenvalue weighted by molar-refractivity contribution is 0.299. The van der Waals surface area contributed by atoms with Gasteiger partial charge in [-0.15, -0.1) is 0 Å². The Hall–Kier alpha value is -0.990. The Morgan fingerprint density at radius 3 is 2.87 bits per heavy atom. The molecule has 0 amide bonds. The fraction of sp³-hybridized carbons (Fsp3) is 0.333. The molecule has 1 N–H and O–H groups in total. The molecule has 0 radical (unpaired) electrons. The molecule has 0 saturated heterocycles. The lowest BCUT2D eigenvalue weighted by Crippen LogP contribution is -2.08. The van der Waals surface area contributed by atoms with Gasteiger partial charge in [-0.2, -0.15) is 0 Å². The lowest BCUT2D eigenvalue weighted by Gasteiger charge is -2.12. The summed E-state index contributed by atoms with van der Waals surface area (Å²) in [4.78, 5) is 0. The van der Waals surface area contributed by atoms with Crippen molar-refractivity contribution in [3.05, 3.63) is 40.9 Å². The van der Waals surface area contributed by atoms with Crippen molar-refractivity contribution in [1.29, 1.82) is 0 Å². The van der Waals surface area contributed by atoms with Crippen LogP contribution in [0.25, 0.3) is 5.76 Å². The van der Waals surface area contributed by atoms with Crippen LogP contribution in [0.4, 0.5) is 0 Å². The number of rotatable bonds is 5. The third kappa shape index (κ3) is 3.26. The van der Waals surface area contributed by atoms with Gasteiger partial charge in [0.15, 0.2) is 0 Å². The van der Waals surface area contributed by atoms with E-state index in [0.29, 0.717) is 17.4 Å². The zero-order valence-corrected chi connectivity index (χ0v) is 9.90. The van der Waals surface area contributed by atoms with Crippen LogP contribution >= 0.6 is 11.6 Å². The topological polar surface area (TPSA) is 21.3 Å². The van der Waals surface area contributed by atoms with Crippen LogP contribution in [0.5, 0.6) is 0 Å². The summed E-state index contributed by atoms with van der Waals surface area (Å²) in [6, 6.07) is 5.74. The van der Waals surface area contributed by atoms with Crippen molar-refractivity contribution in [3.63, 3.8) is 0 Å². The highest BCUT2D eigenvalue weighted by atomic mass is 35.5. The van der Waals surface area contributed by atoms with Crippen molar-refractivity contribution >= 4 is 17.4 Å². The summed E-state index contributed by atoms with van der Waals surface area (Å²) < 4.78 is 5.39. The summed E-state index contributed by atoms with van der Waals surface area (Å²) in [7, 11) is 1.90. The quantitative estimate of drug-likeness (QED) is 0.778. The fourth-order valence-corrected chi connectivity index (χ4v) is 1.58. The molecule has 15 heavy (non-hydrogen) atoms. The summed E-state index contributed by atoms with van der Waals surface area (Å²) in [5, 5.41) is 3.80. The van der Waals surface area contributed by atoms with E-state index in [1.54, 1.807) is 0 Å². The zero-order chi connectivity index (χ0) is 11.3. The van der Waals surface area contributed by atoms with Crippen LogP contribution in [0.2, 0.25) is 5.02 Å². The number of ether oxygens (including phenoxy) is 1. The van der Waals surface area contributed by atoms with Crippen LogP contribution in [-0.2, 0) is 11.3 Å². The number of nitrogens with one attached hydrogen (secondary N) is 1. The minimum atomic E-state index is 0.615. The van der Waals surface area contributed by atoms with Crippen LogP contribution in [0.3, 0.4) is 0 Å². The van der Waals surface area contributed by atoms with Gasteiger partial charge in [0.05, 0.1) is 6.61 Å². The van der Waals surface area contributed by atoms with Crippen molar-refractivity contribution in [2.75, 3.05) is 13.7 Å². The van der Waals surface area contributed by atoms with Crippen molar-refractivity contribution in [2.24, 2.45) is 0 Å². The van der Waals surface area contributed by atoms with E-state index >= 15 is 0 Å². The first-order valence-corrected chi connectivity index (χ1v) is 5.32. The van der Waals surface area contributed by atoms with Gasteiger partial charge in [0.25, 0.3) is 0 Å². The first-order chi connectivity index (χ1) is 7.19. The average Bonchev–Trinajstić information content (AvgIpc) is 2.21. The predicted octanol–water partition coefficient (Wildman–Crippen LogP) is 3.07. The third-order valence-corrected chi connectivity index (χ3v) is 2.29. The largest absolute Gasteiger partial charge is 0.494 e. The minimum Gasteiger partial charge on any atom is -0.494 e. The number of benzene rings is 1. The first-order valence-electron chi connectivity index (χ1n) is 4.94. The van der Waals surface area contributed by atoms with E-state index in [1.807, 2.05) is 32.2 Å². The average molecular weight is 226 g/mol. The molecule has 1 rings (SSSR count). The van der Waals surface area contributed by atoms with Crippen LogP contribution < -0.4 is 5.32 Å². The second kappa shape index (κ2) is 5.79. The van der Waals surface area contributed by atoms with Crippen LogP contribution in [-0.4, -0.2) is 13.7 Å². The van der Waals surface area contributed by atoms with Crippen molar-refractivity contribution < 1.29 is 4.74 Å². The summed E-state index contributed by atoms with van der Waals surface area (Å²) in [5.41, 5.74) is 2.11. The molecular formula is C12H16ClNO. The molecule has 0 aliphatic carbocycles. The highest BCUT2D eigenvalue weighted by Crippen LogP contribution is 2.23. The van der Waals surface area contributed by atoms with Gasteiger partial charge in [-0.1, -0.05) is 24.2 Å². The molecule has 0 atom stereocenters. The molecule has 0 aliphatic heterocycles. The number of hydrogen-bond donors (Lipinski definition) is 1. The van der Waals surface area contributed by atoms with Gasteiger partial charge in [-0.05, 0) is 31.7 Å². The van der Waals surface area contributed by atoms with Crippen LogP contribution in [0, 0.1) is 0 Å². The Morgan fingerprint density at radius 1 is 1.53 bits per heavy atom. The van der Waals surface area contributed by atoms with Crippen molar-refractivity contribution in [1.82, 2.24) is 5.32 Å². The van der Waals surface area contributed by atoms with Crippen LogP contribution in [0.1, 0.15) is 18.1 Å². The van der Waals surface area contributed by atoms with Crippen molar-refractivity contribution in [2.45, 2.75) is 13.5 Å². The standard InChI is InChI=1S/C12H16ClNO/c1-4-15-9(2)12-7-11(13)6-5-10(12)8-14-3/h5-7,14H,2,4,8H2,1,3H3. The monoisotopic (exact) mass is 225 g/mol. The summed E-state index contributed by atoms with van der Waals surface area (Å²) in [5.74, 6) is 0.672. The van der Waals surface area contributed by atoms with E-state index in [-0.39, 0.29) is 0 Å². The molecule has 2 nitrogen and oxygen atoms in total. The van der Waals surface area contributed by atoms with Gasteiger partial charge >= 0.3 is 0 Å². The van der Waals surface area contributed by atoms with Crippen molar-refractivity contribution in [3.8, 4) is 0 Å². The summed E-state index contributed by atoms with van der Waals surface area (Å²) in [6.45, 7) is 7.22. The van der Waals surface area contributed by atoms with E-state index in [4.69, 9.17) is 16.3 Å². The summed E-state index contributed by atoms with van der Waals surface area (Å²) >= 11 is 5.94. The van der Waals surface area contributed by atoms with E-state index in [9.17, 15) is 0 Å². The maximum Gasteiger partial charge on any atom is 0.119 e. The molecule has 1 aromatic carbocycles. The third-order valence-electron chi connectivity index (χ3n) is 2.06. The van der Waals surface area contributed by atoms with Gasteiger partial charge in [-0.3, -0.25) is 0 Å². The maximum absolute atomic E-state index is 5.94. The Bertz CT molecular complexity index is 349. The van der Waals surface area contributed by atoms with E-state index in [2.05, 4.69) is 11.9 Å². The molecule has 0 bridgehead atoms. The van der Waals surface area contributed by atoms with Gasteiger partial charge in [0.1, 0.15) is 5.76 Å². The fourth-order valence-electron chi connectivity index (χ4n) is 1.40. The van der Waals surface area contributed by atoms with Gasteiger partial charge in [-0.25, -0.2) is 0 Å². The second-order valence-electron chi connectivity index (χ2n) is 3.19. The Kier molecular flexibility index (Phi) is 4.66. The smallest absolute Gasteiger partial charge is 0.119 e. The molecule has 82 valence electrons. The molecule has 0 aromatic heterocycles. The van der Waals surface area contributed by atoms with Gasteiger partial charge < -0.3 is 10.1 Å². The molecule has 0 spiro atoms. The maximum atomic E-state index is 5.94. The molecular weight excluding hydrogens is 210 g/mol. The normalized spacial score (nSPS) is 10.1. The predicted molar refractivity (Wildman–Crippen MR) is 64.9 cm³/mol. The Labute approximate surface area is 95.9 Å². The lowest BCUT2D eigenvalue weighted by atomic mass is 10.1. The van der Waals surface area contributed by atoms with Crippen LogP contribution in [0.15, 0.2) is 24.8 Å². The van der Waals surface area contributed by atoms with E-state index < -0.39 is 0 Å². The Morgan fingerprint density at radius 2 is 2.27 bits per heavy atom. The molecule has 0 heterocycles. The molecule has 0 unspecified atom stereocenters. The summed E-state index contributed by atoms with van der Waals surface area (Å²) in [6.07, 6.45) is 0.